The predicted octanol–water partition coefficient (Wildman–Crippen LogP) is -0.0352. The summed E-state index contributed by atoms with van der Waals surface area (Å²) in [5.74, 6) is -6.45. The van der Waals surface area contributed by atoms with Crippen LogP contribution in [0.2, 0.25) is 0 Å². The summed E-state index contributed by atoms with van der Waals surface area (Å²) in [4.78, 5) is 37.1. The van der Waals surface area contributed by atoms with Crippen molar-refractivity contribution in [2.45, 2.75) is 12.6 Å². The third-order valence-corrected chi connectivity index (χ3v) is 0.856. The van der Waals surface area contributed by atoms with E-state index in [1.807, 2.05) is 0 Å². The monoisotopic (exact) mass is 292 g/mol. The summed E-state index contributed by atoms with van der Waals surface area (Å²) < 4.78 is 32.8. The van der Waals surface area contributed by atoms with Gasteiger partial charge in [0.15, 0.2) is 6.67 Å². The van der Waals surface area contributed by atoms with Crippen molar-refractivity contribution in [3.63, 3.8) is 0 Å². The predicted molar refractivity (Wildman–Crippen MR) is 52.0 cm³/mol. The molecule has 0 aliphatic carbocycles. The Labute approximate surface area is 104 Å². The molecular formula is C8H11F3O8. The van der Waals surface area contributed by atoms with Crippen LogP contribution < -0.4 is 0 Å². The van der Waals surface area contributed by atoms with Crippen molar-refractivity contribution in [2.24, 2.45) is 0 Å². The molecule has 0 aliphatic heterocycles. The maximum Gasteiger partial charge on any atom is 0.350 e. The van der Waals surface area contributed by atoms with Gasteiger partial charge in [-0.3, -0.25) is 9.18 Å². The molecule has 11 heteroatoms. The second-order valence-corrected chi connectivity index (χ2v) is 2.40. The van der Waals surface area contributed by atoms with Gasteiger partial charge in [0.2, 0.25) is 0 Å². The molecule has 0 saturated carbocycles. The summed E-state index contributed by atoms with van der Waals surface area (Å²) in [7, 11) is 0. The topological polar surface area (TPSA) is 149 Å². The van der Waals surface area contributed by atoms with E-state index < -0.39 is 43.4 Å². The highest BCUT2D eigenvalue weighted by Crippen LogP contribution is 1.88. The zero-order valence-electron chi connectivity index (χ0n) is 9.25. The summed E-state index contributed by atoms with van der Waals surface area (Å²) in [5.41, 5.74) is 0. The minimum Gasteiger partial charge on any atom is -0.481 e. The molecule has 0 saturated heterocycles. The van der Waals surface area contributed by atoms with E-state index in [-0.39, 0.29) is 6.42 Å². The summed E-state index contributed by atoms with van der Waals surface area (Å²) in [5, 5.41) is 30.2. The van der Waals surface area contributed by atoms with Crippen LogP contribution in [-0.2, 0) is 19.2 Å². The Balaban J connectivity index is -0.000000209. The minimum atomic E-state index is -2.80. The van der Waals surface area contributed by atoms with E-state index in [1.54, 1.807) is 0 Å². The van der Waals surface area contributed by atoms with Crippen LogP contribution in [0.15, 0.2) is 0 Å². The minimum absolute atomic E-state index is 0.375. The van der Waals surface area contributed by atoms with Crippen molar-refractivity contribution < 1.29 is 52.8 Å². The zero-order valence-corrected chi connectivity index (χ0v) is 9.25. The summed E-state index contributed by atoms with van der Waals surface area (Å²) >= 11 is 0. The van der Waals surface area contributed by atoms with Gasteiger partial charge in [-0.05, 0) is 0 Å². The Bertz CT molecular complexity index is 292. The number of halogens is 3. The van der Waals surface area contributed by atoms with E-state index >= 15 is 0 Å². The standard InChI is InChI=1S/C3H3FO4.C3H5FO2.C2H3FO2/c4-1(2(5)6)3(7)8;4-2-1-3(5)6;3-1-2(4)5/h1H,(H,5,6)(H,7,8);1-2H2,(H,5,6);1H2,(H,4,5). The first-order valence-electron chi connectivity index (χ1n) is 4.25. The lowest BCUT2D eigenvalue weighted by atomic mass is 10.4. The lowest BCUT2D eigenvalue weighted by Crippen LogP contribution is -2.24. The first-order valence-corrected chi connectivity index (χ1v) is 4.25. The molecule has 0 bridgehead atoms. The number of carboxylic acid groups (broad SMARTS) is 4. The molecule has 4 N–H and O–H groups in total. The number of carbonyl (C=O) groups is 4. The number of aliphatic carboxylic acids is 4. The molecule has 19 heavy (non-hydrogen) atoms. The van der Waals surface area contributed by atoms with Crippen molar-refractivity contribution in [3.8, 4) is 0 Å². The Morgan fingerprint density at radius 3 is 1.16 bits per heavy atom. The highest BCUT2D eigenvalue weighted by molar-refractivity contribution is 5.95. The van der Waals surface area contributed by atoms with E-state index in [0.717, 1.165) is 0 Å². The van der Waals surface area contributed by atoms with E-state index in [1.165, 1.54) is 0 Å². The molecule has 0 unspecified atom stereocenters. The van der Waals surface area contributed by atoms with Gasteiger partial charge >= 0.3 is 23.9 Å². The average molecular weight is 292 g/mol. The van der Waals surface area contributed by atoms with Crippen molar-refractivity contribution in [3.05, 3.63) is 0 Å². The van der Waals surface area contributed by atoms with Crippen LogP contribution in [0.1, 0.15) is 6.42 Å². The zero-order chi connectivity index (χ0) is 16.0. The first-order chi connectivity index (χ1) is 8.59. The lowest BCUT2D eigenvalue weighted by molar-refractivity contribution is -0.155. The number of carboxylic acids is 4. The average Bonchev–Trinajstić information content (AvgIpc) is 2.29. The van der Waals surface area contributed by atoms with Gasteiger partial charge < -0.3 is 20.4 Å². The number of rotatable bonds is 5. The molecule has 0 rings (SSSR count). The molecule has 0 atom stereocenters. The maximum atomic E-state index is 11.4. The van der Waals surface area contributed by atoms with Gasteiger partial charge in [-0.2, -0.15) is 0 Å². The summed E-state index contributed by atoms with van der Waals surface area (Å²) in [6, 6.07) is 0. The molecule has 0 heterocycles. The molecule has 0 aromatic carbocycles. The van der Waals surface area contributed by atoms with E-state index in [9.17, 15) is 27.6 Å². The highest BCUT2D eigenvalue weighted by Gasteiger charge is 2.23. The SMILES string of the molecule is O=C(O)C(F)C(=O)O.O=C(O)CCF.O=C(O)CF. The molecule has 0 fully saturated rings. The highest BCUT2D eigenvalue weighted by atomic mass is 19.1. The van der Waals surface area contributed by atoms with Gasteiger partial charge in [0, 0.05) is 0 Å². The fourth-order valence-corrected chi connectivity index (χ4v) is 0.186. The fraction of sp³-hybridized carbons (Fsp3) is 0.500. The largest absolute Gasteiger partial charge is 0.481 e. The number of hydrogen-bond acceptors (Lipinski definition) is 4. The first kappa shape index (κ1) is 21.9. The summed E-state index contributed by atoms with van der Waals surface area (Å²) in [6.07, 6.45) is -3.17. The van der Waals surface area contributed by atoms with Crippen molar-refractivity contribution in [2.75, 3.05) is 13.3 Å². The van der Waals surface area contributed by atoms with Crippen molar-refractivity contribution in [1.82, 2.24) is 0 Å². The third kappa shape index (κ3) is 25.7. The smallest absolute Gasteiger partial charge is 0.350 e. The molecule has 0 radical (unpaired) electrons. The maximum absolute atomic E-state index is 11.4. The van der Waals surface area contributed by atoms with Gasteiger partial charge in [-0.25, -0.2) is 23.2 Å². The van der Waals surface area contributed by atoms with Gasteiger partial charge in [0.25, 0.3) is 6.17 Å². The van der Waals surface area contributed by atoms with Crippen LogP contribution in [0.4, 0.5) is 13.2 Å². The normalized spacial score (nSPS) is 8.42. The van der Waals surface area contributed by atoms with Crippen LogP contribution >= 0.6 is 0 Å². The van der Waals surface area contributed by atoms with Crippen LogP contribution in [0.5, 0.6) is 0 Å². The van der Waals surface area contributed by atoms with Crippen molar-refractivity contribution in [1.29, 1.82) is 0 Å². The van der Waals surface area contributed by atoms with E-state index in [4.69, 9.17) is 25.2 Å². The number of hydrogen-bond donors (Lipinski definition) is 4. The molecule has 0 aliphatic rings. The van der Waals surface area contributed by atoms with Gasteiger partial charge in [-0.1, -0.05) is 0 Å². The molecule has 0 aromatic rings. The van der Waals surface area contributed by atoms with Crippen LogP contribution in [0.3, 0.4) is 0 Å². The second-order valence-electron chi connectivity index (χ2n) is 2.40. The summed E-state index contributed by atoms with van der Waals surface area (Å²) in [6.45, 7) is -2.05. The van der Waals surface area contributed by atoms with Crippen molar-refractivity contribution >= 4 is 23.9 Å². The Morgan fingerprint density at radius 1 is 0.842 bits per heavy atom. The quantitative estimate of drug-likeness (QED) is 0.516. The fourth-order valence-electron chi connectivity index (χ4n) is 0.186. The second kappa shape index (κ2) is 13.7. The van der Waals surface area contributed by atoms with Gasteiger partial charge in [0.1, 0.15) is 0 Å². The van der Waals surface area contributed by atoms with Crippen LogP contribution in [-0.4, -0.2) is 63.8 Å². The van der Waals surface area contributed by atoms with Crippen LogP contribution in [0, 0.1) is 0 Å². The molecule has 8 nitrogen and oxygen atoms in total. The lowest BCUT2D eigenvalue weighted by Gasteiger charge is -1.90. The Morgan fingerprint density at radius 2 is 1.16 bits per heavy atom. The molecule has 0 aromatic heterocycles. The van der Waals surface area contributed by atoms with Crippen LogP contribution in [0.25, 0.3) is 0 Å². The van der Waals surface area contributed by atoms with E-state index in [0.29, 0.717) is 0 Å². The molecule has 112 valence electrons. The Hall–Kier alpha value is -2.33. The van der Waals surface area contributed by atoms with Gasteiger partial charge in [0.05, 0.1) is 13.1 Å². The molecule has 0 amide bonds. The van der Waals surface area contributed by atoms with Gasteiger partial charge in [-0.15, -0.1) is 0 Å². The van der Waals surface area contributed by atoms with E-state index in [2.05, 4.69) is 0 Å². The number of alkyl halides is 3. The molecule has 0 spiro atoms. The molecular weight excluding hydrogens is 281 g/mol. The Kier molecular flexibility index (Phi) is 15.8. The third-order valence-electron chi connectivity index (χ3n) is 0.856.